The number of hydrogen-bond donors (Lipinski definition) is 1. The van der Waals surface area contributed by atoms with Gasteiger partial charge in [-0.3, -0.25) is 4.79 Å². The predicted octanol–water partition coefficient (Wildman–Crippen LogP) is 6.46. The molecule has 1 aromatic heterocycles. The Bertz CT molecular complexity index is 373. The molecule has 132 valence electrons. The first-order chi connectivity index (χ1) is 11.3. The Balaban J connectivity index is 1.76. The summed E-state index contributed by atoms with van der Waals surface area (Å²) >= 11 is 0. The van der Waals surface area contributed by atoms with Crippen molar-refractivity contribution in [1.29, 1.82) is 0 Å². The summed E-state index contributed by atoms with van der Waals surface area (Å²) in [6.45, 7) is 2.27. The Morgan fingerprint density at radius 3 is 1.74 bits per heavy atom. The van der Waals surface area contributed by atoms with Crippen LogP contribution in [0.1, 0.15) is 114 Å². The molecule has 23 heavy (non-hydrogen) atoms. The fraction of sp³-hybridized carbons (Fsp3) is 0.800. The number of carbonyl (C=O) groups excluding carboxylic acids is 1. The van der Waals surface area contributed by atoms with Crippen molar-refractivity contribution >= 4 is 5.78 Å². The van der Waals surface area contributed by atoms with Gasteiger partial charge in [0.15, 0.2) is 11.6 Å². The predicted molar refractivity (Wildman–Crippen MR) is 97.8 cm³/mol. The van der Waals surface area contributed by atoms with Crippen LogP contribution in [0.4, 0.5) is 0 Å². The number of aromatic nitrogens is 2. The number of imidazole rings is 1. The zero-order valence-electron chi connectivity index (χ0n) is 15.1. The fourth-order valence-electron chi connectivity index (χ4n) is 3.02. The summed E-state index contributed by atoms with van der Waals surface area (Å²) in [5.41, 5.74) is 0. The molecular formula is C20H36N2O. The third-order valence-electron chi connectivity index (χ3n) is 4.52. The van der Waals surface area contributed by atoms with Crippen LogP contribution >= 0.6 is 0 Å². The monoisotopic (exact) mass is 320 g/mol. The molecule has 0 saturated heterocycles. The van der Waals surface area contributed by atoms with Crippen LogP contribution in [0, 0.1) is 0 Å². The molecule has 0 amide bonds. The molecule has 1 N–H and O–H groups in total. The number of unbranched alkanes of at least 4 members (excludes halogenated alkanes) is 13. The first-order valence-electron chi connectivity index (χ1n) is 9.87. The molecule has 1 rings (SSSR count). The standard InChI is InChI=1S/C20H36N2O/c1-2-3-4-5-6-7-8-9-10-11-12-13-14-15-16-19(23)20-21-17-18-22-20/h17-18H,2-16H2,1H3,(H,21,22). The van der Waals surface area contributed by atoms with Crippen molar-refractivity contribution in [2.24, 2.45) is 0 Å². The van der Waals surface area contributed by atoms with E-state index >= 15 is 0 Å². The molecule has 0 saturated carbocycles. The lowest BCUT2D eigenvalue weighted by atomic mass is 10.0. The van der Waals surface area contributed by atoms with E-state index in [9.17, 15) is 4.79 Å². The van der Waals surface area contributed by atoms with E-state index in [0.717, 1.165) is 6.42 Å². The highest BCUT2D eigenvalue weighted by atomic mass is 16.1. The zero-order chi connectivity index (χ0) is 16.6. The molecule has 0 aliphatic heterocycles. The van der Waals surface area contributed by atoms with Gasteiger partial charge in [0.25, 0.3) is 0 Å². The number of ketones is 1. The summed E-state index contributed by atoms with van der Waals surface area (Å²) < 4.78 is 0. The van der Waals surface area contributed by atoms with Crippen molar-refractivity contribution in [3.05, 3.63) is 18.2 Å². The Labute approximate surface area is 142 Å². The minimum absolute atomic E-state index is 0.147. The van der Waals surface area contributed by atoms with Crippen molar-refractivity contribution in [3.63, 3.8) is 0 Å². The molecule has 3 nitrogen and oxygen atoms in total. The maximum atomic E-state index is 11.7. The molecular weight excluding hydrogens is 284 g/mol. The highest BCUT2D eigenvalue weighted by Gasteiger charge is 2.06. The van der Waals surface area contributed by atoms with Gasteiger partial charge in [-0.2, -0.15) is 0 Å². The number of rotatable bonds is 16. The van der Waals surface area contributed by atoms with Crippen LogP contribution in [0.5, 0.6) is 0 Å². The second kappa shape index (κ2) is 14.5. The van der Waals surface area contributed by atoms with Gasteiger partial charge in [0, 0.05) is 18.8 Å². The van der Waals surface area contributed by atoms with Gasteiger partial charge in [0.1, 0.15) is 0 Å². The number of H-pyrrole nitrogens is 1. The minimum Gasteiger partial charge on any atom is -0.342 e. The molecule has 0 fully saturated rings. The van der Waals surface area contributed by atoms with E-state index in [1.165, 1.54) is 83.5 Å². The third-order valence-corrected chi connectivity index (χ3v) is 4.52. The Morgan fingerprint density at radius 2 is 1.30 bits per heavy atom. The smallest absolute Gasteiger partial charge is 0.198 e. The fourth-order valence-corrected chi connectivity index (χ4v) is 3.02. The van der Waals surface area contributed by atoms with Crippen LogP contribution in [-0.2, 0) is 0 Å². The molecule has 0 aliphatic carbocycles. The van der Waals surface area contributed by atoms with E-state index < -0.39 is 0 Å². The molecule has 0 spiro atoms. The summed E-state index contributed by atoms with van der Waals surface area (Å²) in [5, 5.41) is 0. The van der Waals surface area contributed by atoms with Crippen LogP contribution in [0.25, 0.3) is 0 Å². The Hall–Kier alpha value is -1.12. The van der Waals surface area contributed by atoms with Crippen LogP contribution in [0.3, 0.4) is 0 Å². The maximum absolute atomic E-state index is 11.7. The lowest BCUT2D eigenvalue weighted by molar-refractivity contribution is 0.0970. The lowest BCUT2D eigenvalue weighted by Gasteiger charge is -2.03. The average Bonchev–Trinajstić information content (AvgIpc) is 3.09. The van der Waals surface area contributed by atoms with Gasteiger partial charge in [-0.25, -0.2) is 4.98 Å². The third kappa shape index (κ3) is 11.1. The van der Waals surface area contributed by atoms with E-state index in [-0.39, 0.29) is 5.78 Å². The molecule has 1 heterocycles. The maximum Gasteiger partial charge on any atom is 0.198 e. The van der Waals surface area contributed by atoms with Crippen molar-refractivity contribution in [2.75, 3.05) is 0 Å². The van der Waals surface area contributed by atoms with Gasteiger partial charge in [0.2, 0.25) is 0 Å². The lowest BCUT2D eigenvalue weighted by Crippen LogP contribution is -2.01. The van der Waals surface area contributed by atoms with Gasteiger partial charge >= 0.3 is 0 Å². The van der Waals surface area contributed by atoms with Crippen molar-refractivity contribution in [2.45, 2.75) is 103 Å². The quantitative estimate of drug-likeness (QED) is 0.280. The van der Waals surface area contributed by atoms with Crippen LogP contribution in [-0.4, -0.2) is 15.8 Å². The highest BCUT2D eigenvalue weighted by Crippen LogP contribution is 2.13. The molecule has 0 aliphatic rings. The number of nitrogens with zero attached hydrogens (tertiary/aromatic N) is 1. The van der Waals surface area contributed by atoms with Crippen LogP contribution < -0.4 is 0 Å². The van der Waals surface area contributed by atoms with E-state index in [0.29, 0.717) is 12.2 Å². The van der Waals surface area contributed by atoms with Crippen molar-refractivity contribution in [1.82, 2.24) is 9.97 Å². The summed E-state index contributed by atoms with van der Waals surface area (Å²) in [7, 11) is 0. The first kappa shape index (κ1) is 19.9. The van der Waals surface area contributed by atoms with Gasteiger partial charge in [0.05, 0.1) is 0 Å². The molecule has 0 radical (unpaired) electrons. The van der Waals surface area contributed by atoms with E-state index in [1.54, 1.807) is 12.4 Å². The summed E-state index contributed by atoms with van der Waals surface area (Å²) in [4.78, 5) is 18.6. The molecule has 3 heteroatoms. The molecule has 0 aromatic carbocycles. The zero-order valence-corrected chi connectivity index (χ0v) is 15.1. The summed E-state index contributed by atoms with van der Waals surface area (Å²) in [5.74, 6) is 0.661. The minimum atomic E-state index is 0.147. The number of aromatic amines is 1. The van der Waals surface area contributed by atoms with Gasteiger partial charge in [-0.15, -0.1) is 0 Å². The topological polar surface area (TPSA) is 45.8 Å². The number of hydrogen-bond acceptors (Lipinski definition) is 2. The Morgan fingerprint density at radius 1 is 0.826 bits per heavy atom. The van der Waals surface area contributed by atoms with Gasteiger partial charge in [-0.05, 0) is 6.42 Å². The molecule has 0 atom stereocenters. The SMILES string of the molecule is CCCCCCCCCCCCCCCCC(=O)c1ncc[nH]1. The van der Waals surface area contributed by atoms with Crippen molar-refractivity contribution in [3.8, 4) is 0 Å². The molecule has 0 unspecified atom stereocenters. The Kier molecular flexibility index (Phi) is 12.5. The average molecular weight is 321 g/mol. The first-order valence-corrected chi connectivity index (χ1v) is 9.87. The van der Waals surface area contributed by atoms with Crippen LogP contribution in [0.15, 0.2) is 12.4 Å². The van der Waals surface area contributed by atoms with Crippen LogP contribution in [0.2, 0.25) is 0 Å². The summed E-state index contributed by atoms with van der Waals surface area (Å²) in [6.07, 6.45) is 22.8. The molecule has 1 aromatic rings. The normalized spacial score (nSPS) is 11.0. The highest BCUT2D eigenvalue weighted by molar-refractivity contribution is 5.92. The largest absolute Gasteiger partial charge is 0.342 e. The van der Waals surface area contributed by atoms with E-state index in [1.807, 2.05) is 0 Å². The van der Waals surface area contributed by atoms with Gasteiger partial charge < -0.3 is 4.98 Å². The number of carbonyl (C=O) groups is 1. The van der Waals surface area contributed by atoms with E-state index in [2.05, 4.69) is 16.9 Å². The number of Topliss-reactive ketones (excluding diaryl/α,β-unsaturated/α-hetero) is 1. The number of nitrogens with one attached hydrogen (secondary N) is 1. The summed E-state index contributed by atoms with van der Waals surface area (Å²) in [6, 6.07) is 0. The van der Waals surface area contributed by atoms with Crippen molar-refractivity contribution < 1.29 is 4.79 Å². The van der Waals surface area contributed by atoms with E-state index in [4.69, 9.17) is 0 Å². The van der Waals surface area contributed by atoms with Gasteiger partial charge in [-0.1, -0.05) is 90.4 Å². The molecule has 0 bridgehead atoms. The second-order valence-corrected chi connectivity index (χ2v) is 6.71. The second-order valence-electron chi connectivity index (χ2n) is 6.71.